The van der Waals surface area contributed by atoms with Gasteiger partial charge in [0.1, 0.15) is 0 Å². The molecule has 0 aromatic heterocycles. The Bertz CT molecular complexity index is 286. The first-order chi connectivity index (χ1) is 5.66. The van der Waals surface area contributed by atoms with Crippen LogP contribution < -0.4 is 4.74 Å². The smallest absolute Gasteiger partial charge is 0.183 e. The van der Waals surface area contributed by atoms with Crippen molar-refractivity contribution in [1.29, 1.82) is 0 Å². The van der Waals surface area contributed by atoms with E-state index in [1.807, 2.05) is 0 Å². The fourth-order valence-electron chi connectivity index (χ4n) is 0.895. The van der Waals surface area contributed by atoms with Crippen LogP contribution in [0.15, 0.2) is 12.1 Å². The SMILES string of the molecule is CCOc1ccc(C)c(Cl)c1F. The lowest BCUT2D eigenvalue weighted by atomic mass is 10.2. The molecule has 0 amide bonds. The summed E-state index contributed by atoms with van der Waals surface area (Å²) in [5, 5.41) is 0.140. The van der Waals surface area contributed by atoms with E-state index < -0.39 is 5.82 Å². The average Bonchev–Trinajstić information content (AvgIpc) is 2.07. The van der Waals surface area contributed by atoms with Crippen molar-refractivity contribution in [2.75, 3.05) is 6.61 Å². The minimum Gasteiger partial charge on any atom is -0.491 e. The first-order valence-corrected chi connectivity index (χ1v) is 4.12. The molecule has 1 nitrogen and oxygen atoms in total. The van der Waals surface area contributed by atoms with Gasteiger partial charge in [0, 0.05) is 0 Å². The molecule has 66 valence electrons. The quantitative estimate of drug-likeness (QED) is 0.693. The first-order valence-electron chi connectivity index (χ1n) is 3.74. The molecule has 0 N–H and O–H groups in total. The van der Waals surface area contributed by atoms with Crippen LogP contribution in [0.1, 0.15) is 12.5 Å². The second kappa shape index (κ2) is 3.76. The van der Waals surface area contributed by atoms with Gasteiger partial charge < -0.3 is 4.74 Å². The normalized spacial score (nSPS) is 10.0. The molecule has 0 unspecified atom stereocenters. The van der Waals surface area contributed by atoms with Gasteiger partial charge in [0.05, 0.1) is 11.6 Å². The standard InChI is InChI=1S/C9H10ClFO/c1-3-12-7-5-4-6(2)8(10)9(7)11/h4-5H,3H2,1-2H3. The summed E-state index contributed by atoms with van der Waals surface area (Å²) >= 11 is 5.66. The predicted octanol–water partition coefficient (Wildman–Crippen LogP) is 3.19. The Morgan fingerprint density at radius 2 is 2.17 bits per heavy atom. The third-order valence-corrected chi connectivity index (χ3v) is 2.00. The highest BCUT2D eigenvalue weighted by Crippen LogP contribution is 2.27. The zero-order chi connectivity index (χ0) is 9.14. The Kier molecular flexibility index (Phi) is 2.93. The maximum absolute atomic E-state index is 13.2. The summed E-state index contributed by atoms with van der Waals surface area (Å²) in [7, 11) is 0. The van der Waals surface area contributed by atoms with Gasteiger partial charge in [0.25, 0.3) is 0 Å². The van der Waals surface area contributed by atoms with Crippen molar-refractivity contribution in [1.82, 2.24) is 0 Å². The van der Waals surface area contributed by atoms with Crippen LogP contribution >= 0.6 is 11.6 Å². The number of hydrogen-bond acceptors (Lipinski definition) is 1. The van der Waals surface area contributed by atoms with Crippen LogP contribution in [0, 0.1) is 12.7 Å². The van der Waals surface area contributed by atoms with Crippen molar-refractivity contribution >= 4 is 11.6 Å². The third kappa shape index (κ3) is 1.69. The molecule has 1 aromatic carbocycles. The summed E-state index contributed by atoms with van der Waals surface area (Å²) in [5.74, 6) is -0.258. The van der Waals surface area contributed by atoms with E-state index in [0.717, 1.165) is 5.56 Å². The highest BCUT2D eigenvalue weighted by Gasteiger charge is 2.09. The molecule has 0 bridgehead atoms. The number of benzene rings is 1. The average molecular weight is 189 g/mol. The molecule has 12 heavy (non-hydrogen) atoms. The maximum Gasteiger partial charge on any atom is 0.183 e. The molecule has 0 heterocycles. The zero-order valence-electron chi connectivity index (χ0n) is 7.03. The molecule has 0 fully saturated rings. The molecule has 0 atom stereocenters. The Hall–Kier alpha value is -0.760. The van der Waals surface area contributed by atoms with Crippen molar-refractivity contribution in [3.05, 3.63) is 28.5 Å². The Morgan fingerprint density at radius 1 is 1.50 bits per heavy atom. The summed E-state index contributed by atoms with van der Waals surface area (Å²) in [6, 6.07) is 3.32. The molecular formula is C9H10ClFO. The molecule has 0 aliphatic rings. The van der Waals surface area contributed by atoms with Gasteiger partial charge in [-0.05, 0) is 25.5 Å². The van der Waals surface area contributed by atoms with E-state index in [0.29, 0.717) is 6.61 Å². The van der Waals surface area contributed by atoms with E-state index in [4.69, 9.17) is 16.3 Å². The number of rotatable bonds is 2. The summed E-state index contributed by atoms with van der Waals surface area (Å²) in [5.41, 5.74) is 0.720. The molecule has 0 saturated carbocycles. The maximum atomic E-state index is 13.2. The molecule has 3 heteroatoms. The molecule has 1 rings (SSSR count). The number of halogens is 2. The minimum absolute atomic E-state index is 0.140. The fourth-order valence-corrected chi connectivity index (χ4v) is 1.05. The summed E-state index contributed by atoms with van der Waals surface area (Å²) < 4.78 is 18.2. The van der Waals surface area contributed by atoms with Crippen LogP contribution in [-0.4, -0.2) is 6.61 Å². The molecule has 0 aliphatic carbocycles. The van der Waals surface area contributed by atoms with Gasteiger partial charge in [-0.25, -0.2) is 4.39 Å². The molecule has 0 aliphatic heterocycles. The monoisotopic (exact) mass is 188 g/mol. The molecule has 1 aromatic rings. The second-order valence-corrected chi connectivity index (χ2v) is 2.82. The van der Waals surface area contributed by atoms with Crippen LogP contribution in [0.2, 0.25) is 5.02 Å². The van der Waals surface area contributed by atoms with E-state index >= 15 is 0 Å². The summed E-state index contributed by atoms with van der Waals surface area (Å²) in [4.78, 5) is 0. The predicted molar refractivity (Wildman–Crippen MR) is 47.3 cm³/mol. The van der Waals surface area contributed by atoms with Gasteiger partial charge in [-0.15, -0.1) is 0 Å². The van der Waals surface area contributed by atoms with E-state index in [1.54, 1.807) is 26.0 Å². The van der Waals surface area contributed by atoms with Crippen LogP contribution in [0.25, 0.3) is 0 Å². The topological polar surface area (TPSA) is 9.23 Å². The van der Waals surface area contributed by atoms with Crippen LogP contribution in [-0.2, 0) is 0 Å². The van der Waals surface area contributed by atoms with Crippen molar-refractivity contribution in [3.8, 4) is 5.75 Å². The van der Waals surface area contributed by atoms with E-state index in [2.05, 4.69) is 0 Å². The van der Waals surface area contributed by atoms with Gasteiger partial charge in [0.15, 0.2) is 11.6 Å². The number of aryl methyl sites for hydroxylation is 1. The van der Waals surface area contributed by atoms with E-state index in [-0.39, 0.29) is 10.8 Å². The first kappa shape index (κ1) is 9.33. The zero-order valence-corrected chi connectivity index (χ0v) is 7.78. The van der Waals surface area contributed by atoms with Crippen LogP contribution in [0.4, 0.5) is 4.39 Å². The summed E-state index contributed by atoms with van der Waals surface area (Å²) in [6.45, 7) is 3.99. The van der Waals surface area contributed by atoms with Crippen molar-refractivity contribution in [2.45, 2.75) is 13.8 Å². The Labute approximate surface area is 76.1 Å². The van der Waals surface area contributed by atoms with Crippen molar-refractivity contribution < 1.29 is 9.13 Å². The highest BCUT2D eigenvalue weighted by atomic mass is 35.5. The van der Waals surface area contributed by atoms with Gasteiger partial charge in [-0.2, -0.15) is 0 Å². The minimum atomic E-state index is -0.474. The highest BCUT2D eigenvalue weighted by molar-refractivity contribution is 6.31. The lowest BCUT2D eigenvalue weighted by molar-refractivity contribution is 0.321. The molecule has 0 spiro atoms. The second-order valence-electron chi connectivity index (χ2n) is 2.44. The molecule has 0 saturated heterocycles. The molecular weight excluding hydrogens is 179 g/mol. The lowest BCUT2D eigenvalue weighted by Gasteiger charge is -2.06. The fraction of sp³-hybridized carbons (Fsp3) is 0.333. The third-order valence-electron chi connectivity index (χ3n) is 1.54. The van der Waals surface area contributed by atoms with Gasteiger partial charge >= 0.3 is 0 Å². The summed E-state index contributed by atoms with van der Waals surface area (Å²) in [6.07, 6.45) is 0. The van der Waals surface area contributed by atoms with Gasteiger partial charge in [-0.1, -0.05) is 17.7 Å². The van der Waals surface area contributed by atoms with Gasteiger partial charge in [-0.3, -0.25) is 0 Å². The van der Waals surface area contributed by atoms with E-state index in [9.17, 15) is 4.39 Å². The van der Waals surface area contributed by atoms with Crippen molar-refractivity contribution in [3.63, 3.8) is 0 Å². The lowest BCUT2D eigenvalue weighted by Crippen LogP contribution is -1.95. The Morgan fingerprint density at radius 3 is 2.75 bits per heavy atom. The largest absolute Gasteiger partial charge is 0.491 e. The van der Waals surface area contributed by atoms with E-state index in [1.165, 1.54) is 0 Å². The molecule has 0 radical (unpaired) electrons. The number of hydrogen-bond donors (Lipinski definition) is 0. The van der Waals surface area contributed by atoms with Crippen LogP contribution in [0.5, 0.6) is 5.75 Å². The number of ether oxygens (including phenoxy) is 1. The van der Waals surface area contributed by atoms with Crippen molar-refractivity contribution in [2.24, 2.45) is 0 Å². The Balaban J connectivity index is 3.08. The van der Waals surface area contributed by atoms with Crippen LogP contribution in [0.3, 0.4) is 0 Å². The van der Waals surface area contributed by atoms with Gasteiger partial charge in [0.2, 0.25) is 0 Å².